The van der Waals surface area contributed by atoms with Crippen LogP contribution in [0.4, 0.5) is 0 Å². The Balaban J connectivity index is 1.60. The van der Waals surface area contributed by atoms with Crippen molar-refractivity contribution in [1.82, 2.24) is 10.2 Å². The summed E-state index contributed by atoms with van der Waals surface area (Å²) in [6.45, 7) is 4.54. The maximum absolute atomic E-state index is 12.8. The van der Waals surface area contributed by atoms with Crippen molar-refractivity contribution in [1.29, 1.82) is 0 Å². The number of hydrogen-bond acceptors (Lipinski definition) is 3. The number of nitrogens with zero attached hydrogens (tertiary/aromatic N) is 1. The molecule has 4 nitrogen and oxygen atoms in total. The zero-order valence-corrected chi connectivity index (χ0v) is 16.7. The summed E-state index contributed by atoms with van der Waals surface area (Å²) in [6.07, 6.45) is 1.94. The number of methoxy groups -OCH3 is 1. The molecule has 3 rings (SSSR count). The number of carbonyl (C=O) groups excluding carboxylic acids is 1. The van der Waals surface area contributed by atoms with Crippen molar-refractivity contribution in [2.45, 2.75) is 32.4 Å². The van der Waals surface area contributed by atoms with E-state index in [1.807, 2.05) is 49.4 Å². The summed E-state index contributed by atoms with van der Waals surface area (Å²) in [7, 11) is 1.65. The Labute approximate surface area is 166 Å². The van der Waals surface area contributed by atoms with Gasteiger partial charge in [0.15, 0.2) is 0 Å². The highest BCUT2D eigenvalue weighted by Gasteiger charge is 2.27. The minimum Gasteiger partial charge on any atom is -0.496 e. The first-order chi connectivity index (χ1) is 13.1. The van der Waals surface area contributed by atoms with Crippen LogP contribution in [-0.2, 0) is 11.3 Å². The second-order valence-corrected chi connectivity index (χ2v) is 7.55. The molecular weight excluding hydrogens is 360 g/mol. The Kier molecular flexibility index (Phi) is 6.75. The summed E-state index contributed by atoms with van der Waals surface area (Å²) in [5.41, 5.74) is 2.11. The van der Waals surface area contributed by atoms with Crippen molar-refractivity contribution in [2.24, 2.45) is 5.92 Å². The van der Waals surface area contributed by atoms with E-state index in [9.17, 15) is 4.79 Å². The van der Waals surface area contributed by atoms with Gasteiger partial charge >= 0.3 is 0 Å². The first kappa shape index (κ1) is 19.7. The van der Waals surface area contributed by atoms with Crippen LogP contribution in [0, 0.1) is 5.92 Å². The van der Waals surface area contributed by atoms with E-state index in [1.165, 1.54) is 0 Å². The SMILES string of the molecule is COc1ccccc1[C@H](C)NC(=O)[C@@H]1CCCN(Cc2ccccc2Cl)C1. The van der Waals surface area contributed by atoms with Gasteiger partial charge in [0.1, 0.15) is 5.75 Å². The van der Waals surface area contributed by atoms with E-state index in [-0.39, 0.29) is 17.9 Å². The van der Waals surface area contributed by atoms with Crippen molar-refractivity contribution in [2.75, 3.05) is 20.2 Å². The fraction of sp³-hybridized carbons (Fsp3) is 0.409. The molecule has 144 valence electrons. The third-order valence-corrected chi connectivity index (χ3v) is 5.56. The van der Waals surface area contributed by atoms with Crippen LogP contribution in [0.3, 0.4) is 0 Å². The van der Waals surface area contributed by atoms with Gasteiger partial charge in [0.25, 0.3) is 0 Å². The predicted molar refractivity (Wildman–Crippen MR) is 109 cm³/mol. The number of carbonyl (C=O) groups is 1. The van der Waals surface area contributed by atoms with Crippen LogP contribution in [0.25, 0.3) is 0 Å². The molecule has 1 saturated heterocycles. The lowest BCUT2D eigenvalue weighted by atomic mass is 9.95. The second kappa shape index (κ2) is 9.25. The fourth-order valence-electron chi connectivity index (χ4n) is 3.71. The number of likely N-dealkylation sites (tertiary alicyclic amines) is 1. The molecule has 5 heteroatoms. The highest BCUT2D eigenvalue weighted by molar-refractivity contribution is 6.31. The monoisotopic (exact) mass is 386 g/mol. The van der Waals surface area contributed by atoms with Gasteiger partial charge in [-0.05, 0) is 44.0 Å². The third kappa shape index (κ3) is 5.02. The second-order valence-electron chi connectivity index (χ2n) is 7.14. The van der Waals surface area contributed by atoms with E-state index in [1.54, 1.807) is 7.11 Å². The molecule has 1 aliphatic heterocycles. The molecule has 2 aromatic rings. The summed E-state index contributed by atoms with van der Waals surface area (Å²) in [4.78, 5) is 15.2. The molecule has 1 heterocycles. The largest absolute Gasteiger partial charge is 0.496 e. The smallest absolute Gasteiger partial charge is 0.224 e. The van der Waals surface area contributed by atoms with Crippen LogP contribution in [0.2, 0.25) is 5.02 Å². The number of piperidine rings is 1. The quantitative estimate of drug-likeness (QED) is 0.798. The van der Waals surface area contributed by atoms with Crippen molar-refractivity contribution in [3.05, 3.63) is 64.7 Å². The van der Waals surface area contributed by atoms with Gasteiger partial charge in [-0.1, -0.05) is 48.0 Å². The van der Waals surface area contributed by atoms with Gasteiger partial charge in [-0.15, -0.1) is 0 Å². The van der Waals surface area contributed by atoms with Crippen molar-refractivity contribution in [3.8, 4) is 5.75 Å². The predicted octanol–water partition coefficient (Wildman–Crippen LogP) is 4.44. The van der Waals surface area contributed by atoms with Gasteiger partial charge in [-0.3, -0.25) is 9.69 Å². The van der Waals surface area contributed by atoms with Crippen molar-refractivity contribution >= 4 is 17.5 Å². The molecule has 27 heavy (non-hydrogen) atoms. The van der Waals surface area contributed by atoms with Gasteiger partial charge in [0.2, 0.25) is 5.91 Å². The molecule has 0 unspecified atom stereocenters. The summed E-state index contributed by atoms with van der Waals surface area (Å²) in [6, 6.07) is 15.6. The maximum Gasteiger partial charge on any atom is 0.224 e. The molecule has 0 spiro atoms. The normalized spacial score (nSPS) is 18.7. The van der Waals surface area contributed by atoms with Gasteiger partial charge < -0.3 is 10.1 Å². The van der Waals surface area contributed by atoms with Gasteiger partial charge in [-0.2, -0.15) is 0 Å². The number of benzene rings is 2. The van der Waals surface area contributed by atoms with Gasteiger partial charge in [0, 0.05) is 23.7 Å². The molecule has 1 aliphatic rings. The maximum atomic E-state index is 12.8. The standard InChI is InChI=1S/C22H27ClN2O2/c1-16(19-10-4-6-12-21(19)27-2)24-22(26)18-9-7-13-25(15-18)14-17-8-3-5-11-20(17)23/h3-6,8,10-12,16,18H,7,9,13-15H2,1-2H3,(H,24,26)/t16-,18+/m0/s1. The van der Waals surface area contributed by atoms with E-state index in [0.29, 0.717) is 0 Å². The Hall–Kier alpha value is -2.04. The molecule has 2 aromatic carbocycles. The first-order valence-corrected chi connectivity index (χ1v) is 9.85. The van der Waals surface area contributed by atoms with E-state index < -0.39 is 0 Å². The minimum absolute atomic E-state index is 0.00149. The third-order valence-electron chi connectivity index (χ3n) is 5.19. The fourth-order valence-corrected chi connectivity index (χ4v) is 3.91. The molecule has 0 bridgehead atoms. The van der Waals surface area contributed by atoms with E-state index in [4.69, 9.17) is 16.3 Å². The van der Waals surface area contributed by atoms with E-state index in [2.05, 4.69) is 16.3 Å². The lowest BCUT2D eigenvalue weighted by Crippen LogP contribution is -2.43. The number of hydrogen-bond donors (Lipinski definition) is 1. The van der Waals surface area contributed by atoms with E-state index >= 15 is 0 Å². The zero-order chi connectivity index (χ0) is 19.2. The number of halogens is 1. The number of ether oxygens (including phenoxy) is 1. The van der Waals surface area contributed by atoms with Crippen LogP contribution in [0.15, 0.2) is 48.5 Å². The molecule has 0 saturated carbocycles. The highest BCUT2D eigenvalue weighted by Crippen LogP contribution is 2.26. The van der Waals surface area contributed by atoms with Crippen molar-refractivity contribution in [3.63, 3.8) is 0 Å². The lowest BCUT2D eigenvalue weighted by molar-refractivity contribution is -0.127. The van der Waals surface area contributed by atoms with E-state index in [0.717, 1.165) is 54.4 Å². The Morgan fingerprint density at radius 3 is 2.78 bits per heavy atom. The molecule has 0 aromatic heterocycles. The number of nitrogens with one attached hydrogen (secondary N) is 1. The Morgan fingerprint density at radius 1 is 1.26 bits per heavy atom. The number of para-hydroxylation sites is 1. The molecule has 1 amide bonds. The summed E-state index contributed by atoms with van der Waals surface area (Å²) < 4.78 is 5.42. The average molecular weight is 387 g/mol. The van der Waals surface area contributed by atoms with Gasteiger partial charge in [-0.25, -0.2) is 0 Å². The minimum atomic E-state index is -0.0902. The summed E-state index contributed by atoms with van der Waals surface area (Å²) >= 11 is 6.29. The molecule has 0 aliphatic carbocycles. The summed E-state index contributed by atoms with van der Waals surface area (Å²) in [5, 5.41) is 3.95. The molecule has 2 atom stereocenters. The molecular formula is C22H27ClN2O2. The van der Waals surface area contributed by atoms with Gasteiger partial charge in [0.05, 0.1) is 19.1 Å². The van der Waals surface area contributed by atoms with Crippen LogP contribution in [0.1, 0.15) is 36.9 Å². The summed E-state index contributed by atoms with van der Waals surface area (Å²) in [5.74, 6) is 0.907. The molecule has 1 N–H and O–H groups in total. The highest BCUT2D eigenvalue weighted by atomic mass is 35.5. The first-order valence-electron chi connectivity index (χ1n) is 9.47. The average Bonchev–Trinajstić information content (AvgIpc) is 2.70. The Morgan fingerprint density at radius 2 is 2.00 bits per heavy atom. The van der Waals surface area contributed by atoms with Crippen LogP contribution in [-0.4, -0.2) is 31.0 Å². The lowest BCUT2D eigenvalue weighted by Gasteiger charge is -2.33. The number of rotatable bonds is 6. The zero-order valence-electron chi connectivity index (χ0n) is 16.0. The Bertz CT molecular complexity index is 780. The van der Waals surface area contributed by atoms with Crippen molar-refractivity contribution < 1.29 is 9.53 Å². The van der Waals surface area contributed by atoms with Crippen LogP contribution >= 0.6 is 11.6 Å². The topological polar surface area (TPSA) is 41.6 Å². The van der Waals surface area contributed by atoms with Crippen LogP contribution < -0.4 is 10.1 Å². The molecule has 1 fully saturated rings. The molecule has 0 radical (unpaired) electrons. The van der Waals surface area contributed by atoms with Crippen LogP contribution in [0.5, 0.6) is 5.75 Å². The number of amides is 1.